The number of anilines is 2. The van der Waals surface area contributed by atoms with Crippen LogP contribution in [0.25, 0.3) is 5.65 Å². The first-order valence-corrected chi connectivity index (χ1v) is 8.26. The van der Waals surface area contributed by atoms with E-state index in [1.807, 2.05) is 18.2 Å². The van der Waals surface area contributed by atoms with Gasteiger partial charge >= 0.3 is 5.69 Å². The predicted octanol–water partition coefficient (Wildman–Crippen LogP) is 1.13. The molecule has 1 saturated heterocycles. The van der Waals surface area contributed by atoms with Gasteiger partial charge in [-0.15, -0.1) is 5.10 Å². The van der Waals surface area contributed by atoms with E-state index in [0.717, 1.165) is 25.9 Å². The van der Waals surface area contributed by atoms with Crippen molar-refractivity contribution in [2.45, 2.75) is 19.4 Å². The van der Waals surface area contributed by atoms with Gasteiger partial charge in [-0.25, -0.2) is 18.9 Å². The lowest BCUT2D eigenvalue weighted by atomic mass is 10.3. The summed E-state index contributed by atoms with van der Waals surface area (Å²) in [4.78, 5) is 31.2. The van der Waals surface area contributed by atoms with Crippen LogP contribution in [0.15, 0.2) is 47.5 Å². The fraction of sp³-hybridized carbons (Fsp3) is 0.294. The SMILES string of the molecule is O=C(Cn1nc2c(N3CCCC3)nccn2c1=O)Nc1ccccc1. The van der Waals surface area contributed by atoms with Gasteiger partial charge in [0, 0.05) is 31.2 Å². The molecule has 1 aliphatic heterocycles. The minimum absolute atomic E-state index is 0.144. The van der Waals surface area contributed by atoms with Crippen LogP contribution in [-0.4, -0.2) is 38.2 Å². The largest absolute Gasteiger partial charge is 0.353 e. The highest BCUT2D eigenvalue weighted by molar-refractivity contribution is 5.90. The molecule has 25 heavy (non-hydrogen) atoms. The zero-order valence-corrected chi connectivity index (χ0v) is 13.6. The second-order valence-electron chi connectivity index (χ2n) is 5.99. The number of hydrogen-bond donors (Lipinski definition) is 1. The van der Waals surface area contributed by atoms with E-state index in [2.05, 4.69) is 20.3 Å². The van der Waals surface area contributed by atoms with Crippen LogP contribution in [0.2, 0.25) is 0 Å². The molecule has 128 valence electrons. The monoisotopic (exact) mass is 338 g/mol. The molecule has 1 aliphatic rings. The van der Waals surface area contributed by atoms with Crippen molar-refractivity contribution in [3.8, 4) is 0 Å². The average molecular weight is 338 g/mol. The second kappa shape index (κ2) is 6.39. The summed E-state index contributed by atoms with van der Waals surface area (Å²) in [6.07, 6.45) is 5.38. The summed E-state index contributed by atoms with van der Waals surface area (Å²) in [7, 11) is 0. The highest BCUT2D eigenvalue weighted by Gasteiger charge is 2.20. The fourth-order valence-corrected chi connectivity index (χ4v) is 3.05. The van der Waals surface area contributed by atoms with Gasteiger partial charge in [0.1, 0.15) is 6.54 Å². The van der Waals surface area contributed by atoms with Crippen molar-refractivity contribution >= 4 is 23.1 Å². The first-order valence-electron chi connectivity index (χ1n) is 8.26. The normalized spacial score (nSPS) is 14.2. The minimum Gasteiger partial charge on any atom is -0.353 e. The number of carbonyl (C=O) groups is 1. The molecule has 8 nitrogen and oxygen atoms in total. The summed E-state index contributed by atoms with van der Waals surface area (Å²) in [5, 5.41) is 7.10. The maximum Gasteiger partial charge on any atom is 0.350 e. The summed E-state index contributed by atoms with van der Waals surface area (Å²) in [6.45, 7) is 1.67. The zero-order valence-electron chi connectivity index (χ0n) is 13.6. The second-order valence-corrected chi connectivity index (χ2v) is 5.99. The van der Waals surface area contributed by atoms with Gasteiger partial charge < -0.3 is 10.2 Å². The van der Waals surface area contributed by atoms with Crippen molar-refractivity contribution in [3.05, 3.63) is 53.2 Å². The van der Waals surface area contributed by atoms with Crippen LogP contribution in [0.5, 0.6) is 0 Å². The van der Waals surface area contributed by atoms with Crippen molar-refractivity contribution < 1.29 is 4.79 Å². The van der Waals surface area contributed by atoms with Gasteiger partial charge in [-0.2, -0.15) is 0 Å². The third kappa shape index (κ3) is 2.98. The molecule has 3 heterocycles. The van der Waals surface area contributed by atoms with Gasteiger partial charge in [0.25, 0.3) is 0 Å². The lowest BCUT2D eigenvalue weighted by molar-refractivity contribution is -0.117. The lowest BCUT2D eigenvalue weighted by Gasteiger charge is -2.15. The summed E-state index contributed by atoms with van der Waals surface area (Å²) in [5.41, 5.74) is 0.826. The zero-order chi connectivity index (χ0) is 17.2. The number of benzene rings is 1. The number of aromatic nitrogens is 4. The van der Waals surface area contributed by atoms with Crippen LogP contribution in [0.1, 0.15) is 12.8 Å². The quantitative estimate of drug-likeness (QED) is 0.771. The third-order valence-electron chi connectivity index (χ3n) is 4.24. The standard InChI is InChI=1S/C17H18N6O2/c24-14(19-13-6-2-1-3-7-13)12-23-17(25)22-11-8-18-15(16(22)20-23)21-9-4-5-10-21/h1-3,6-8,11H,4-5,9-10,12H2,(H,19,24). The predicted molar refractivity (Wildman–Crippen MR) is 93.8 cm³/mol. The van der Waals surface area contributed by atoms with Crippen molar-refractivity contribution in [1.82, 2.24) is 19.2 Å². The van der Waals surface area contributed by atoms with E-state index in [0.29, 0.717) is 17.2 Å². The van der Waals surface area contributed by atoms with Crippen LogP contribution in [-0.2, 0) is 11.3 Å². The Hall–Kier alpha value is -3.16. The third-order valence-corrected chi connectivity index (χ3v) is 4.24. The van der Waals surface area contributed by atoms with Gasteiger partial charge in [-0.1, -0.05) is 18.2 Å². The number of para-hydroxylation sites is 1. The van der Waals surface area contributed by atoms with E-state index >= 15 is 0 Å². The Morgan fingerprint density at radius 2 is 1.92 bits per heavy atom. The first-order chi connectivity index (χ1) is 12.2. The molecule has 0 radical (unpaired) electrons. The van der Waals surface area contributed by atoms with Crippen molar-refractivity contribution in [2.24, 2.45) is 0 Å². The summed E-state index contributed by atoms with van der Waals surface area (Å²) in [6, 6.07) is 9.12. The molecule has 2 aromatic heterocycles. The number of amides is 1. The molecule has 0 aliphatic carbocycles. The van der Waals surface area contributed by atoms with Crippen LogP contribution < -0.4 is 15.9 Å². The number of fused-ring (bicyclic) bond motifs is 1. The minimum atomic E-state index is -0.346. The van der Waals surface area contributed by atoms with Crippen molar-refractivity contribution in [1.29, 1.82) is 0 Å². The number of hydrogen-bond acceptors (Lipinski definition) is 5. The van der Waals surface area contributed by atoms with Crippen molar-refractivity contribution in [3.63, 3.8) is 0 Å². The number of nitrogens with zero attached hydrogens (tertiary/aromatic N) is 5. The first kappa shape index (κ1) is 15.4. The molecule has 1 fully saturated rings. The Kier molecular flexibility index (Phi) is 3.93. The molecular weight excluding hydrogens is 320 g/mol. The highest BCUT2D eigenvalue weighted by atomic mass is 16.2. The molecular formula is C17H18N6O2. The van der Waals surface area contributed by atoms with Gasteiger partial charge in [0.15, 0.2) is 5.82 Å². The summed E-state index contributed by atoms with van der Waals surface area (Å²) in [5.74, 6) is 0.395. The number of carbonyl (C=O) groups excluding carboxylic acids is 1. The molecule has 0 unspecified atom stereocenters. The fourth-order valence-electron chi connectivity index (χ4n) is 3.05. The van der Waals surface area contributed by atoms with Crippen LogP contribution in [0.3, 0.4) is 0 Å². The van der Waals surface area contributed by atoms with E-state index in [4.69, 9.17) is 0 Å². The summed E-state index contributed by atoms with van der Waals surface area (Å²) >= 11 is 0. The van der Waals surface area contributed by atoms with E-state index in [9.17, 15) is 9.59 Å². The molecule has 0 spiro atoms. The Morgan fingerprint density at radius 3 is 2.68 bits per heavy atom. The van der Waals surface area contributed by atoms with Crippen LogP contribution in [0, 0.1) is 0 Å². The number of nitrogens with one attached hydrogen (secondary N) is 1. The van der Waals surface area contributed by atoms with E-state index in [1.165, 1.54) is 9.08 Å². The van der Waals surface area contributed by atoms with E-state index in [-0.39, 0.29) is 18.1 Å². The molecule has 1 N–H and O–H groups in total. The van der Waals surface area contributed by atoms with Gasteiger partial charge in [0.05, 0.1) is 0 Å². The molecule has 3 aromatic rings. The lowest BCUT2D eigenvalue weighted by Crippen LogP contribution is -2.28. The Bertz CT molecular complexity index is 956. The molecule has 1 amide bonds. The maximum atomic E-state index is 12.5. The van der Waals surface area contributed by atoms with Crippen LogP contribution in [0.4, 0.5) is 11.5 Å². The van der Waals surface area contributed by atoms with Gasteiger partial charge in [0.2, 0.25) is 11.6 Å². The molecule has 8 heteroatoms. The van der Waals surface area contributed by atoms with Crippen molar-refractivity contribution in [2.75, 3.05) is 23.3 Å². The van der Waals surface area contributed by atoms with Crippen LogP contribution >= 0.6 is 0 Å². The maximum absolute atomic E-state index is 12.5. The molecule has 4 rings (SSSR count). The van der Waals surface area contributed by atoms with E-state index in [1.54, 1.807) is 24.5 Å². The van der Waals surface area contributed by atoms with Gasteiger partial charge in [-0.05, 0) is 25.0 Å². The molecule has 0 bridgehead atoms. The average Bonchev–Trinajstić information content (AvgIpc) is 3.25. The summed E-state index contributed by atoms with van der Waals surface area (Å²) < 4.78 is 2.62. The Morgan fingerprint density at radius 1 is 1.16 bits per heavy atom. The molecule has 0 atom stereocenters. The molecule has 0 saturated carbocycles. The molecule has 1 aromatic carbocycles. The Balaban J connectivity index is 1.62. The van der Waals surface area contributed by atoms with E-state index < -0.39 is 0 Å². The smallest absolute Gasteiger partial charge is 0.350 e. The highest BCUT2D eigenvalue weighted by Crippen LogP contribution is 2.20. The number of rotatable bonds is 4. The Labute approximate surface area is 143 Å². The van der Waals surface area contributed by atoms with Gasteiger partial charge in [-0.3, -0.25) is 4.79 Å². The topological polar surface area (TPSA) is 84.5 Å².